The Bertz CT molecular complexity index is 931. The highest BCUT2D eigenvalue weighted by Gasteiger charge is 2.10. The third-order valence-electron chi connectivity index (χ3n) is 4.91. The highest BCUT2D eigenvalue weighted by atomic mass is 16.5. The molecule has 4 rings (SSSR count). The van der Waals surface area contributed by atoms with Crippen molar-refractivity contribution in [1.29, 1.82) is 0 Å². The number of rotatable bonds is 5. The number of amides is 2. The van der Waals surface area contributed by atoms with Crippen molar-refractivity contribution >= 4 is 22.5 Å². The third-order valence-corrected chi connectivity index (χ3v) is 4.91. The van der Waals surface area contributed by atoms with Gasteiger partial charge in [-0.25, -0.2) is 4.79 Å². The monoisotopic (exact) mass is 376 g/mol. The van der Waals surface area contributed by atoms with Gasteiger partial charge in [-0.05, 0) is 23.3 Å². The lowest BCUT2D eigenvalue weighted by Gasteiger charge is -2.26. The van der Waals surface area contributed by atoms with E-state index in [-0.39, 0.29) is 6.03 Å². The van der Waals surface area contributed by atoms with Gasteiger partial charge in [0.05, 0.1) is 18.9 Å². The molecular formula is C22H24N4O2. The molecule has 1 aliphatic heterocycles. The predicted octanol–water partition coefficient (Wildman–Crippen LogP) is 3.39. The molecule has 0 saturated carbocycles. The zero-order chi connectivity index (χ0) is 19.2. The molecular weight excluding hydrogens is 352 g/mol. The van der Waals surface area contributed by atoms with Gasteiger partial charge in [-0.3, -0.25) is 9.88 Å². The fourth-order valence-corrected chi connectivity index (χ4v) is 3.36. The Labute approximate surface area is 164 Å². The van der Waals surface area contributed by atoms with Crippen LogP contribution in [0, 0.1) is 0 Å². The van der Waals surface area contributed by atoms with E-state index in [9.17, 15) is 4.79 Å². The second kappa shape index (κ2) is 8.82. The number of ether oxygens (including phenoxy) is 1. The van der Waals surface area contributed by atoms with E-state index in [1.54, 1.807) is 12.4 Å². The number of aromatic nitrogens is 1. The first kappa shape index (κ1) is 18.4. The van der Waals surface area contributed by atoms with Crippen LogP contribution in [0.15, 0.2) is 60.9 Å². The number of hydrogen-bond acceptors (Lipinski definition) is 4. The minimum atomic E-state index is -0.221. The van der Waals surface area contributed by atoms with Crippen molar-refractivity contribution in [3.05, 3.63) is 72.1 Å². The standard InChI is InChI=1S/C22H24N4O2/c27-22(25-21-3-1-2-19-15-23-9-8-20(19)21)24-14-17-4-6-18(7-5-17)16-26-10-12-28-13-11-26/h1-9,15H,10-14,16H2,(H2,24,25,27). The lowest BCUT2D eigenvalue weighted by Crippen LogP contribution is -2.35. The molecule has 144 valence electrons. The Balaban J connectivity index is 1.30. The number of fused-ring (bicyclic) bond motifs is 1. The summed E-state index contributed by atoms with van der Waals surface area (Å²) in [4.78, 5) is 18.8. The van der Waals surface area contributed by atoms with E-state index < -0.39 is 0 Å². The van der Waals surface area contributed by atoms with E-state index in [2.05, 4.69) is 44.8 Å². The van der Waals surface area contributed by atoms with Gasteiger partial charge in [-0.15, -0.1) is 0 Å². The molecule has 28 heavy (non-hydrogen) atoms. The Morgan fingerprint density at radius 2 is 1.82 bits per heavy atom. The van der Waals surface area contributed by atoms with Gasteiger partial charge >= 0.3 is 6.03 Å². The van der Waals surface area contributed by atoms with Gasteiger partial charge in [-0.2, -0.15) is 0 Å². The molecule has 0 unspecified atom stereocenters. The molecule has 2 amide bonds. The fraction of sp³-hybridized carbons (Fsp3) is 0.273. The van der Waals surface area contributed by atoms with Crippen LogP contribution in [-0.4, -0.2) is 42.2 Å². The first-order valence-electron chi connectivity index (χ1n) is 9.53. The van der Waals surface area contributed by atoms with E-state index in [1.165, 1.54) is 5.56 Å². The number of morpholine rings is 1. The molecule has 6 nitrogen and oxygen atoms in total. The van der Waals surface area contributed by atoms with E-state index in [0.717, 1.165) is 54.9 Å². The molecule has 1 aromatic heterocycles. The van der Waals surface area contributed by atoms with Crippen LogP contribution in [0.1, 0.15) is 11.1 Å². The van der Waals surface area contributed by atoms with Gasteiger partial charge < -0.3 is 15.4 Å². The van der Waals surface area contributed by atoms with Crippen LogP contribution in [-0.2, 0) is 17.8 Å². The predicted molar refractivity (Wildman–Crippen MR) is 110 cm³/mol. The average Bonchev–Trinajstić information content (AvgIpc) is 2.74. The molecule has 3 aromatic rings. The Kier molecular flexibility index (Phi) is 5.80. The molecule has 2 aromatic carbocycles. The van der Waals surface area contributed by atoms with Crippen molar-refractivity contribution in [3.8, 4) is 0 Å². The number of hydrogen-bond donors (Lipinski definition) is 2. The van der Waals surface area contributed by atoms with Crippen LogP contribution in [0.2, 0.25) is 0 Å². The van der Waals surface area contributed by atoms with Gasteiger partial charge in [0.25, 0.3) is 0 Å². The number of anilines is 1. The summed E-state index contributed by atoms with van der Waals surface area (Å²) in [5.41, 5.74) is 3.13. The van der Waals surface area contributed by atoms with E-state index >= 15 is 0 Å². The summed E-state index contributed by atoms with van der Waals surface area (Å²) in [6.07, 6.45) is 3.51. The number of nitrogens with zero attached hydrogens (tertiary/aromatic N) is 2. The molecule has 0 radical (unpaired) electrons. The molecule has 0 bridgehead atoms. The quantitative estimate of drug-likeness (QED) is 0.716. The summed E-state index contributed by atoms with van der Waals surface area (Å²) in [7, 11) is 0. The normalized spacial score (nSPS) is 14.7. The summed E-state index contributed by atoms with van der Waals surface area (Å²) in [5, 5.41) is 7.81. The number of pyridine rings is 1. The largest absolute Gasteiger partial charge is 0.379 e. The van der Waals surface area contributed by atoms with Crippen molar-refractivity contribution in [2.75, 3.05) is 31.6 Å². The number of benzene rings is 2. The van der Waals surface area contributed by atoms with Crippen LogP contribution in [0.25, 0.3) is 10.8 Å². The Morgan fingerprint density at radius 3 is 2.64 bits per heavy atom. The Morgan fingerprint density at radius 1 is 1.04 bits per heavy atom. The molecule has 0 atom stereocenters. The Hall–Kier alpha value is -2.96. The van der Waals surface area contributed by atoms with Crippen LogP contribution >= 0.6 is 0 Å². The van der Waals surface area contributed by atoms with Gasteiger partial charge in [0.2, 0.25) is 0 Å². The topological polar surface area (TPSA) is 66.5 Å². The van der Waals surface area contributed by atoms with Crippen LogP contribution in [0.4, 0.5) is 10.5 Å². The SMILES string of the molecule is O=C(NCc1ccc(CN2CCOCC2)cc1)Nc1cccc2cnccc12. The zero-order valence-electron chi connectivity index (χ0n) is 15.7. The number of nitrogens with one attached hydrogen (secondary N) is 2. The molecule has 2 heterocycles. The molecule has 2 N–H and O–H groups in total. The highest BCUT2D eigenvalue weighted by Crippen LogP contribution is 2.22. The van der Waals surface area contributed by atoms with Crippen molar-refractivity contribution in [1.82, 2.24) is 15.2 Å². The summed E-state index contributed by atoms with van der Waals surface area (Å²) < 4.78 is 5.39. The van der Waals surface area contributed by atoms with Gasteiger partial charge in [-0.1, -0.05) is 36.4 Å². The van der Waals surface area contributed by atoms with Gasteiger partial charge in [0, 0.05) is 49.3 Å². The summed E-state index contributed by atoms with van der Waals surface area (Å²) in [6, 6.07) is 15.8. The van der Waals surface area contributed by atoms with Crippen LogP contribution < -0.4 is 10.6 Å². The van der Waals surface area contributed by atoms with Crippen molar-refractivity contribution in [2.24, 2.45) is 0 Å². The number of carbonyl (C=O) groups excluding carboxylic acids is 1. The van der Waals surface area contributed by atoms with Crippen molar-refractivity contribution in [3.63, 3.8) is 0 Å². The second-order valence-electron chi connectivity index (χ2n) is 6.92. The second-order valence-corrected chi connectivity index (χ2v) is 6.92. The summed E-state index contributed by atoms with van der Waals surface area (Å²) >= 11 is 0. The van der Waals surface area contributed by atoms with Crippen molar-refractivity contribution < 1.29 is 9.53 Å². The van der Waals surface area contributed by atoms with Crippen LogP contribution in [0.5, 0.6) is 0 Å². The van der Waals surface area contributed by atoms with Crippen molar-refractivity contribution in [2.45, 2.75) is 13.1 Å². The highest BCUT2D eigenvalue weighted by molar-refractivity contribution is 6.01. The molecule has 1 fully saturated rings. The van der Waals surface area contributed by atoms with Gasteiger partial charge in [0.15, 0.2) is 0 Å². The minimum absolute atomic E-state index is 0.221. The first-order valence-corrected chi connectivity index (χ1v) is 9.53. The van der Waals surface area contributed by atoms with E-state index in [0.29, 0.717) is 6.54 Å². The van der Waals surface area contributed by atoms with Crippen LogP contribution in [0.3, 0.4) is 0 Å². The third kappa shape index (κ3) is 4.65. The fourth-order valence-electron chi connectivity index (χ4n) is 3.36. The van der Waals surface area contributed by atoms with E-state index in [4.69, 9.17) is 4.74 Å². The lowest BCUT2D eigenvalue weighted by molar-refractivity contribution is 0.0342. The van der Waals surface area contributed by atoms with E-state index in [1.807, 2.05) is 24.3 Å². The average molecular weight is 376 g/mol. The molecule has 0 spiro atoms. The number of urea groups is 1. The lowest BCUT2D eigenvalue weighted by atomic mass is 10.1. The molecule has 1 aliphatic rings. The first-order chi connectivity index (χ1) is 13.8. The molecule has 0 aliphatic carbocycles. The summed E-state index contributed by atoms with van der Waals surface area (Å²) in [5.74, 6) is 0. The maximum Gasteiger partial charge on any atom is 0.319 e. The minimum Gasteiger partial charge on any atom is -0.379 e. The maximum absolute atomic E-state index is 12.3. The smallest absolute Gasteiger partial charge is 0.319 e. The molecule has 6 heteroatoms. The van der Waals surface area contributed by atoms with Gasteiger partial charge in [0.1, 0.15) is 0 Å². The molecule has 1 saturated heterocycles. The summed E-state index contributed by atoms with van der Waals surface area (Å²) in [6.45, 7) is 5.00. The maximum atomic E-state index is 12.3. The number of carbonyl (C=O) groups is 1. The zero-order valence-corrected chi connectivity index (χ0v) is 15.7.